The summed E-state index contributed by atoms with van der Waals surface area (Å²) >= 11 is 0. The smallest absolute Gasteiger partial charge is 0.146 e. The molecule has 0 spiro atoms. The van der Waals surface area contributed by atoms with E-state index in [1.165, 1.54) is 10.5 Å². The zero-order chi connectivity index (χ0) is 10.7. The average Bonchev–Trinajstić information content (AvgIpc) is 2.25. The van der Waals surface area contributed by atoms with Gasteiger partial charge in [0, 0.05) is 5.56 Å². The number of Topliss-reactive ketones (excluding diaryl/α,β-unsaturated/α-hetero) is 1. The Morgan fingerprint density at radius 2 is 2.07 bits per heavy atom. The highest BCUT2D eigenvalue weighted by molar-refractivity contribution is 5.81. The van der Waals surface area contributed by atoms with Crippen LogP contribution in [0.3, 0.4) is 0 Å². The molecule has 2 atom stereocenters. The van der Waals surface area contributed by atoms with E-state index in [0.29, 0.717) is 5.78 Å². The van der Waals surface area contributed by atoms with Crippen molar-refractivity contribution in [2.45, 2.75) is 19.9 Å². The van der Waals surface area contributed by atoms with Crippen LogP contribution in [0, 0.1) is 5.92 Å². The molecule has 0 amide bonds. The molecule has 1 aromatic carbocycles. The Labute approximate surface area is 90.9 Å². The van der Waals surface area contributed by atoms with Crippen molar-refractivity contribution in [1.82, 2.24) is 0 Å². The normalized spacial score (nSPS) is 26.6. The van der Waals surface area contributed by atoms with Crippen molar-refractivity contribution < 1.29 is 9.69 Å². The highest BCUT2D eigenvalue weighted by Crippen LogP contribution is 2.02. The summed E-state index contributed by atoms with van der Waals surface area (Å²) in [6.07, 6.45) is 0.753. The fraction of sp³-hybridized carbons (Fsp3) is 0.462. The third kappa shape index (κ3) is 2.66. The van der Waals surface area contributed by atoms with Crippen LogP contribution >= 0.6 is 0 Å². The van der Waals surface area contributed by atoms with E-state index < -0.39 is 0 Å². The molecule has 2 nitrogen and oxygen atoms in total. The number of ketones is 1. The summed E-state index contributed by atoms with van der Waals surface area (Å²) in [6.45, 7) is 5.09. The predicted molar refractivity (Wildman–Crippen MR) is 59.6 cm³/mol. The number of nitrogens with one attached hydrogen (secondary N) is 1. The van der Waals surface area contributed by atoms with E-state index in [2.05, 4.69) is 24.3 Å². The van der Waals surface area contributed by atoms with Crippen molar-refractivity contribution in [3.8, 4) is 0 Å². The van der Waals surface area contributed by atoms with Crippen molar-refractivity contribution >= 4 is 5.78 Å². The molecule has 0 aromatic heterocycles. The fourth-order valence-corrected chi connectivity index (χ4v) is 2.24. The monoisotopic (exact) mass is 204 g/mol. The minimum absolute atomic E-state index is 0.248. The van der Waals surface area contributed by atoms with Crippen molar-refractivity contribution in [3.63, 3.8) is 0 Å². The van der Waals surface area contributed by atoms with Gasteiger partial charge in [-0.1, -0.05) is 37.3 Å². The lowest BCUT2D eigenvalue weighted by molar-refractivity contribution is -0.918. The van der Waals surface area contributed by atoms with Crippen molar-refractivity contribution in [1.29, 1.82) is 0 Å². The molecule has 1 N–H and O–H groups in total. The standard InChI is InChI=1S/C13H17NO/c1-11-9-14(8-7-13(11)15)10-12-5-3-2-4-6-12/h2-6,11H,7-10H2,1H3/p+1/t11-/m0/s1. The van der Waals surface area contributed by atoms with E-state index in [9.17, 15) is 4.79 Å². The molecule has 0 aliphatic carbocycles. The van der Waals surface area contributed by atoms with Crippen LogP contribution in [0.1, 0.15) is 18.9 Å². The van der Waals surface area contributed by atoms with Crippen molar-refractivity contribution in [2.24, 2.45) is 5.92 Å². The first-order chi connectivity index (χ1) is 7.25. The molecule has 15 heavy (non-hydrogen) atoms. The third-order valence-corrected chi connectivity index (χ3v) is 3.17. The summed E-state index contributed by atoms with van der Waals surface area (Å²) in [5, 5.41) is 0. The van der Waals surface area contributed by atoms with Gasteiger partial charge in [-0.25, -0.2) is 0 Å². The Hall–Kier alpha value is -1.15. The molecule has 1 aliphatic rings. The topological polar surface area (TPSA) is 21.5 Å². The number of benzene rings is 1. The van der Waals surface area contributed by atoms with Crippen LogP contribution in [0.2, 0.25) is 0 Å². The van der Waals surface area contributed by atoms with Crippen molar-refractivity contribution in [3.05, 3.63) is 35.9 Å². The van der Waals surface area contributed by atoms with Gasteiger partial charge in [-0.05, 0) is 0 Å². The average molecular weight is 204 g/mol. The number of quaternary nitrogens is 1. The number of likely N-dealkylation sites (tertiary alicyclic amines) is 1. The van der Waals surface area contributed by atoms with E-state index >= 15 is 0 Å². The summed E-state index contributed by atoms with van der Waals surface area (Å²) in [5.74, 6) is 0.685. The number of carbonyl (C=O) groups is 1. The van der Waals surface area contributed by atoms with Gasteiger partial charge in [-0.15, -0.1) is 0 Å². The van der Waals surface area contributed by atoms with Gasteiger partial charge < -0.3 is 4.90 Å². The molecule has 2 rings (SSSR count). The Bertz CT molecular complexity index is 334. The van der Waals surface area contributed by atoms with E-state index in [1.807, 2.05) is 13.0 Å². The third-order valence-electron chi connectivity index (χ3n) is 3.17. The first kappa shape index (κ1) is 10.4. The highest BCUT2D eigenvalue weighted by atomic mass is 16.1. The second kappa shape index (κ2) is 4.58. The molecule has 80 valence electrons. The van der Waals surface area contributed by atoms with E-state index in [1.54, 1.807) is 0 Å². The lowest BCUT2D eigenvalue weighted by Gasteiger charge is -2.26. The summed E-state index contributed by atoms with van der Waals surface area (Å²) in [6, 6.07) is 10.5. The zero-order valence-electron chi connectivity index (χ0n) is 9.20. The molecule has 1 heterocycles. The number of carbonyl (C=O) groups excluding carboxylic acids is 1. The van der Waals surface area contributed by atoms with Crippen LogP contribution in [-0.4, -0.2) is 18.9 Å². The molecule has 1 saturated heterocycles. The predicted octanol–water partition coefficient (Wildman–Crippen LogP) is 0.680. The molecule has 1 fully saturated rings. The minimum atomic E-state index is 0.248. The van der Waals surface area contributed by atoms with Crippen LogP contribution in [-0.2, 0) is 11.3 Å². The Kier molecular flexibility index (Phi) is 3.17. The van der Waals surface area contributed by atoms with Gasteiger partial charge >= 0.3 is 0 Å². The number of hydrogen-bond acceptors (Lipinski definition) is 1. The SMILES string of the molecule is C[C@H]1C[NH+](Cc2ccccc2)CCC1=O. The van der Waals surface area contributed by atoms with Gasteiger partial charge in [0.15, 0.2) is 0 Å². The van der Waals surface area contributed by atoms with E-state index in [0.717, 1.165) is 26.1 Å². The van der Waals surface area contributed by atoms with Gasteiger partial charge in [0.2, 0.25) is 0 Å². The molecule has 1 unspecified atom stereocenters. The maximum atomic E-state index is 11.4. The Morgan fingerprint density at radius 3 is 2.73 bits per heavy atom. The molecule has 0 saturated carbocycles. The fourth-order valence-electron chi connectivity index (χ4n) is 2.24. The summed E-state index contributed by atoms with van der Waals surface area (Å²) in [5.41, 5.74) is 1.37. The van der Waals surface area contributed by atoms with Gasteiger partial charge in [-0.3, -0.25) is 4.79 Å². The molecule has 0 radical (unpaired) electrons. The zero-order valence-corrected chi connectivity index (χ0v) is 9.20. The molecule has 1 aromatic rings. The van der Waals surface area contributed by atoms with Gasteiger partial charge in [0.25, 0.3) is 0 Å². The number of hydrogen-bond donors (Lipinski definition) is 1. The van der Waals surface area contributed by atoms with Crippen LogP contribution in [0.4, 0.5) is 0 Å². The summed E-state index contributed by atoms with van der Waals surface area (Å²) < 4.78 is 0. The number of piperidine rings is 1. The second-order valence-corrected chi connectivity index (χ2v) is 4.48. The van der Waals surface area contributed by atoms with Crippen LogP contribution < -0.4 is 4.90 Å². The summed E-state index contributed by atoms with van der Waals surface area (Å²) in [4.78, 5) is 12.9. The molecule has 0 bridgehead atoms. The van der Waals surface area contributed by atoms with Crippen LogP contribution in [0.5, 0.6) is 0 Å². The van der Waals surface area contributed by atoms with Crippen molar-refractivity contribution in [2.75, 3.05) is 13.1 Å². The molecule has 2 heteroatoms. The highest BCUT2D eigenvalue weighted by Gasteiger charge is 2.26. The first-order valence-corrected chi connectivity index (χ1v) is 5.66. The van der Waals surface area contributed by atoms with Gasteiger partial charge in [-0.2, -0.15) is 0 Å². The quantitative estimate of drug-likeness (QED) is 0.751. The molecular formula is C13H18NO+. The first-order valence-electron chi connectivity index (χ1n) is 5.66. The van der Waals surface area contributed by atoms with E-state index in [-0.39, 0.29) is 5.92 Å². The van der Waals surface area contributed by atoms with E-state index in [4.69, 9.17) is 0 Å². The second-order valence-electron chi connectivity index (χ2n) is 4.48. The lowest BCUT2D eigenvalue weighted by atomic mass is 9.98. The lowest BCUT2D eigenvalue weighted by Crippen LogP contribution is -3.12. The largest absolute Gasteiger partial charge is 0.330 e. The number of rotatable bonds is 2. The Morgan fingerprint density at radius 1 is 1.33 bits per heavy atom. The minimum Gasteiger partial charge on any atom is -0.330 e. The summed E-state index contributed by atoms with van der Waals surface area (Å²) in [7, 11) is 0. The van der Waals surface area contributed by atoms with Crippen LogP contribution in [0.25, 0.3) is 0 Å². The Balaban J connectivity index is 1.94. The maximum Gasteiger partial charge on any atom is 0.146 e. The van der Waals surface area contributed by atoms with Crippen LogP contribution in [0.15, 0.2) is 30.3 Å². The van der Waals surface area contributed by atoms with Gasteiger partial charge in [0.05, 0.1) is 25.4 Å². The van der Waals surface area contributed by atoms with Gasteiger partial charge in [0.1, 0.15) is 12.3 Å². The maximum absolute atomic E-state index is 11.4. The molecule has 1 aliphatic heterocycles. The molecular weight excluding hydrogens is 186 g/mol.